The maximum atomic E-state index is 6.22. The lowest BCUT2D eigenvalue weighted by molar-refractivity contribution is 0.669. The molecule has 0 saturated heterocycles. The summed E-state index contributed by atoms with van der Waals surface area (Å²) in [7, 11) is 0. The normalized spacial score (nSPS) is 11.3. The minimum atomic E-state index is 0.911. The maximum Gasteiger partial charge on any atom is 0.136 e. The van der Waals surface area contributed by atoms with Crippen LogP contribution >= 0.6 is 0 Å². The number of anilines is 3. The quantitative estimate of drug-likeness (QED) is 0.185. The number of rotatable bonds is 6. The van der Waals surface area contributed by atoms with Gasteiger partial charge in [-0.3, -0.25) is 0 Å². The SMILES string of the molecule is c1ccc(-c2ccc(-c3ccccc3N(c3ccc(-c4ccccc4)cc3)c3ccc4c(ccc5oc6ccccc6c54)c3)cc2)cc1. The first kappa shape index (κ1) is 27.9. The van der Waals surface area contributed by atoms with E-state index in [1.54, 1.807) is 0 Å². The lowest BCUT2D eigenvalue weighted by Gasteiger charge is -2.28. The maximum absolute atomic E-state index is 6.22. The highest BCUT2D eigenvalue weighted by atomic mass is 16.3. The van der Waals surface area contributed by atoms with Gasteiger partial charge in [-0.25, -0.2) is 0 Å². The summed E-state index contributed by atoms with van der Waals surface area (Å²) < 4.78 is 6.22. The lowest BCUT2D eigenvalue weighted by atomic mass is 9.97. The van der Waals surface area contributed by atoms with Crippen molar-refractivity contribution in [3.8, 4) is 33.4 Å². The highest BCUT2D eigenvalue weighted by Crippen LogP contribution is 2.43. The molecule has 0 bridgehead atoms. The molecule has 0 aliphatic heterocycles. The van der Waals surface area contributed by atoms with Crippen molar-refractivity contribution in [1.29, 1.82) is 0 Å². The van der Waals surface area contributed by atoms with E-state index < -0.39 is 0 Å². The summed E-state index contributed by atoms with van der Waals surface area (Å²) >= 11 is 0. The van der Waals surface area contributed by atoms with Crippen LogP contribution in [0.2, 0.25) is 0 Å². The van der Waals surface area contributed by atoms with Gasteiger partial charge >= 0.3 is 0 Å². The summed E-state index contributed by atoms with van der Waals surface area (Å²) in [5.74, 6) is 0. The predicted molar refractivity (Wildman–Crippen MR) is 202 cm³/mol. The minimum absolute atomic E-state index is 0.911. The van der Waals surface area contributed by atoms with Gasteiger partial charge in [-0.2, -0.15) is 0 Å². The van der Waals surface area contributed by atoms with Gasteiger partial charge in [-0.15, -0.1) is 0 Å². The number of para-hydroxylation sites is 2. The Morgan fingerprint density at radius 1 is 0.354 bits per heavy atom. The second-order valence-corrected chi connectivity index (χ2v) is 12.2. The van der Waals surface area contributed by atoms with Crippen LogP contribution in [0.1, 0.15) is 0 Å². The van der Waals surface area contributed by atoms with Crippen molar-refractivity contribution in [2.24, 2.45) is 0 Å². The molecule has 0 spiro atoms. The molecule has 0 aliphatic carbocycles. The first-order chi connectivity index (χ1) is 23.8. The molecule has 226 valence electrons. The third-order valence-electron chi connectivity index (χ3n) is 9.28. The van der Waals surface area contributed by atoms with Gasteiger partial charge in [0.25, 0.3) is 0 Å². The molecule has 8 aromatic carbocycles. The van der Waals surface area contributed by atoms with E-state index in [1.165, 1.54) is 44.2 Å². The standard InChI is InChI=1S/C46H31NO/c1-3-11-32(12-4-1)34-19-21-36(22-20-34)40-15-7-9-17-43(40)47(38-26-23-35(24-27-38)33-13-5-2-6-14-33)39-28-29-41-37(31-39)25-30-45-46(41)42-16-8-10-18-44(42)48-45/h1-31H. The fraction of sp³-hybridized carbons (Fsp3) is 0. The van der Waals surface area contributed by atoms with Crippen molar-refractivity contribution in [1.82, 2.24) is 0 Å². The van der Waals surface area contributed by atoms with Crippen molar-refractivity contribution >= 4 is 49.8 Å². The van der Waals surface area contributed by atoms with Crippen molar-refractivity contribution < 1.29 is 4.42 Å². The number of fused-ring (bicyclic) bond motifs is 5. The third kappa shape index (κ3) is 4.92. The van der Waals surface area contributed by atoms with Crippen molar-refractivity contribution in [3.63, 3.8) is 0 Å². The van der Waals surface area contributed by atoms with E-state index in [-0.39, 0.29) is 0 Å². The second-order valence-electron chi connectivity index (χ2n) is 12.2. The van der Waals surface area contributed by atoms with Gasteiger partial charge in [-0.05, 0) is 81.1 Å². The minimum Gasteiger partial charge on any atom is -0.456 e. The number of furan rings is 1. The zero-order chi connectivity index (χ0) is 31.9. The second kappa shape index (κ2) is 11.8. The smallest absolute Gasteiger partial charge is 0.136 e. The van der Waals surface area contributed by atoms with E-state index in [0.717, 1.165) is 39.0 Å². The Morgan fingerprint density at radius 3 is 1.65 bits per heavy atom. The van der Waals surface area contributed by atoms with Gasteiger partial charge in [0.15, 0.2) is 0 Å². The Hall–Kier alpha value is -6.38. The van der Waals surface area contributed by atoms with E-state index in [0.29, 0.717) is 0 Å². The fourth-order valence-electron chi connectivity index (χ4n) is 6.93. The van der Waals surface area contributed by atoms with E-state index in [4.69, 9.17) is 4.42 Å². The van der Waals surface area contributed by atoms with E-state index in [2.05, 4.69) is 181 Å². The van der Waals surface area contributed by atoms with Gasteiger partial charge in [0.1, 0.15) is 11.2 Å². The molecule has 0 unspecified atom stereocenters. The molecule has 0 radical (unpaired) electrons. The van der Waals surface area contributed by atoms with E-state index in [9.17, 15) is 0 Å². The summed E-state index contributed by atoms with van der Waals surface area (Å²) in [6.07, 6.45) is 0. The molecule has 9 aromatic rings. The summed E-state index contributed by atoms with van der Waals surface area (Å²) in [6, 6.07) is 67.0. The lowest BCUT2D eigenvalue weighted by Crippen LogP contribution is -2.11. The Kier molecular flexibility index (Phi) is 6.84. The third-order valence-corrected chi connectivity index (χ3v) is 9.28. The van der Waals surface area contributed by atoms with Crippen LogP contribution in [0.25, 0.3) is 66.1 Å². The zero-order valence-electron chi connectivity index (χ0n) is 26.3. The van der Waals surface area contributed by atoms with Crippen molar-refractivity contribution in [2.45, 2.75) is 0 Å². The van der Waals surface area contributed by atoms with Crippen LogP contribution in [-0.4, -0.2) is 0 Å². The van der Waals surface area contributed by atoms with Gasteiger partial charge < -0.3 is 9.32 Å². The molecule has 0 atom stereocenters. The molecule has 0 aliphatic rings. The van der Waals surface area contributed by atoms with Crippen LogP contribution in [0.3, 0.4) is 0 Å². The molecule has 2 heteroatoms. The molecule has 1 heterocycles. The topological polar surface area (TPSA) is 16.4 Å². The molecule has 9 rings (SSSR count). The molecular formula is C46H31NO. The summed E-state index contributed by atoms with van der Waals surface area (Å²) in [5, 5.41) is 4.66. The molecular weight excluding hydrogens is 583 g/mol. The molecule has 1 aromatic heterocycles. The summed E-state index contributed by atoms with van der Waals surface area (Å²) in [5.41, 5.74) is 12.3. The van der Waals surface area contributed by atoms with Crippen molar-refractivity contribution in [2.75, 3.05) is 4.90 Å². The Balaban J connectivity index is 1.20. The number of hydrogen-bond acceptors (Lipinski definition) is 2. The Labute approximate surface area is 279 Å². The van der Waals surface area contributed by atoms with Crippen LogP contribution in [0.5, 0.6) is 0 Å². The predicted octanol–water partition coefficient (Wildman–Crippen LogP) is 13.2. The molecule has 0 N–H and O–H groups in total. The number of nitrogens with zero attached hydrogens (tertiary/aromatic N) is 1. The number of benzene rings is 8. The van der Waals surface area contributed by atoms with Crippen LogP contribution in [-0.2, 0) is 0 Å². The largest absolute Gasteiger partial charge is 0.456 e. The highest BCUT2D eigenvalue weighted by molar-refractivity contribution is 6.19. The molecule has 2 nitrogen and oxygen atoms in total. The monoisotopic (exact) mass is 613 g/mol. The first-order valence-corrected chi connectivity index (χ1v) is 16.3. The Morgan fingerprint density at radius 2 is 0.917 bits per heavy atom. The average molecular weight is 614 g/mol. The average Bonchev–Trinajstić information content (AvgIpc) is 3.55. The Bertz CT molecular complexity index is 2530. The van der Waals surface area contributed by atoms with E-state index in [1.807, 2.05) is 12.1 Å². The van der Waals surface area contributed by atoms with Gasteiger partial charge in [0.2, 0.25) is 0 Å². The van der Waals surface area contributed by atoms with Gasteiger partial charge in [0.05, 0.1) is 5.69 Å². The molecule has 0 amide bonds. The zero-order valence-corrected chi connectivity index (χ0v) is 26.3. The van der Waals surface area contributed by atoms with Crippen LogP contribution in [0.15, 0.2) is 192 Å². The summed E-state index contributed by atoms with van der Waals surface area (Å²) in [4.78, 5) is 2.38. The highest BCUT2D eigenvalue weighted by Gasteiger charge is 2.19. The molecule has 0 fully saturated rings. The summed E-state index contributed by atoms with van der Waals surface area (Å²) in [6.45, 7) is 0. The van der Waals surface area contributed by atoms with Gasteiger partial charge in [-0.1, -0.05) is 146 Å². The van der Waals surface area contributed by atoms with E-state index >= 15 is 0 Å². The van der Waals surface area contributed by atoms with Crippen molar-refractivity contribution in [3.05, 3.63) is 188 Å². The van der Waals surface area contributed by atoms with Gasteiger partial charge in [0, 0.05) is 27.7 Å². The fourth-order valence-corrected chi connectivity index (χ4v) is 6.93. The van der Waals surface area contributed by atoms with Crippen LogP contribution < -0.4 is 4.90 Å². The first-order valence-electron chi connectivity index (χ1n) is 16.3. The number of hydrogen-bond donors (Lipinski definition) is 0. The van der Waals surface area contributed by atoms with Crippen LogP contribution in [0.4, 0.5) is 17.1 Å². The molecule has 0 saturated carbocycles. The molecule has 48 heavy (non-hydrogen) atoms. The van der Waals surface area contributed by atoms with Crippen LogP contribution in [0, 0.1) is 0 Å².